The number of anilines is 2. The van der Waals surface area contributed by atoms with Crippen LogP contribution in [0.5, 0.6) is 34.5 Å². The van der Waals surface area contributed by atoms with Crippen LogP contribution in [0.25, 0.3) is 0 Å². The maximum absolute atomic E-state index is 14.0. The number of phenols is 1. The number of fused-ring (bicyclic) bond motifs is 7. The van der Waals surface area contributed by atoms with Crippen molar-refractivity contribution in [2.24, 2.45) is 0 Å². The molecule has 0 saturated carbocycles. The molecule has 2 unspecified atom stereocenters. The van der Waals surface area contributed by atoms with Crippen LogP contribution in [0.15, 0.2) is 60.7 Å². The lowest BCUT2D eigenvalue weighted by molar-refractivity contribution is -0.119. The zero-order valence-electron chi connectivity index (χ0n) is 22.0. The van der Waals surface area contributed by atoms with Gasteiger partial charge >= 0.3 is 0 Å². The van der Waals surface area contributed by atoms with Gasteiger partial charge in [-0.05, 0) is 29.8 Å². The van der Waals surface area contributed by atoms with Crippen LogP contribution in [-0.2, 0) is 15.0 Å². The van der Waals surface area contributed by atoms with Crippen LogP contribution in [0.4, 0.5) is 20.2 Å². The van der Waals surface area contributed by atoms with Crippen LogP contribution >= 0.6 is 0 Å². The second-order valence-corrected chi connectivity index (χ2v) is 10.4. The molecule has 1 spiro atoms. The van der Waals surface area contributed by atoms with Gasteiger partial charge in [0.25, 0.3) is 0 Å². The van der Waals surface area contributed by atoms with Crippen molar-refractivity contribution in [1.82, 2.24) is 0 Å². The number of aromatic hydroxyl groups is 1. The monoisotopic (exact) mass is 586 g/mol. The molecule has 0 saturated heterocycles. The predicted octanol–water partition coefficient (Wildman–Crippen LogP) is 4.53. The fourth-order valence-electron chi connectivity index (χ4n) is 6.14. The number of halogens is 2. The van der Waals surface area contributed by atoms with Crippen LogP contribution in [-0.4, -0.2) is 37.1 Å². The standard InChI is InChI=1S/C16H10FNO4.C15H10FNO4/c17-10-3-1-2-8-14(10)18-15(19)16(8)6-20-11-5-13-12(4-9(11)16)21-7-22-13;16-9-3-1-2-7-13(15(19)17-14(7)9)8-4-11-12(5-10(8)18)21-6-20-11/h1-5H,6-7H2,(H,18,19);1-5,13,18H,6H2,(H,17,19). The van der Waals surface area contributed by atoms with Crippen molar-refractivity contribution in [3.8, 4) is 34.5 Å². The van der Waals surface area contributed by atoms with Crippen molar-refractivity contribution in [2.45, 2.75) is 11.3 Å². The minimum atomic E-state index is -1.03. The lowest BCUT2D eigenvalue weighted by Crippen LogP contribution is -2.37. The van der Waals surface area contributed by atoms with E-state index >= 15 is 0 Å². The molecule has 43 heavy (non-hydrogen) atoms. The first kappa shape index (κ1) is 25.2. The average molecular weight is 587 g/mol. The van der Waals surface area contributed by atoms with Crippen molar-refractivity contribution in [2.75, 3.05) is 30.8 Å². The molecule has 5 aliphatic rings. The maximum atomic E-state index is 14.0. The Morgan fingerprint density at radius 3 is 2.12 bits per heavy atom. The van der Waals surface area contributed by atoms with Crippen LogP contribution in [0, 0.1) is 11.6 Å². The largest absolute Gasteiger partial charge is 0.507 e. The van der Waals surface area contributed by atoms with E-state index in [-0.39, 0.29) is 49.1 Å². The molecule has 0 fully saturated rings. The lowest BCUT2D eigenvalue weighted by Gasteiger charge is -2.20. The Morgan fingerprint density at radius 2 is 1.35 bits per heavy atom. The molecule has 5 aliphatic heterocycles. The van der Waals surface area contributed by atoms with Gasteiger partial charge in [0.2, 0.25) is 25.4 Å². The zero-order chi connectivity index (χ0) is 29.5. The number of carbonyl (C=O) groups excluding carboxylic acids is 2. The number of hydrogen-bond acceptors (Lipinski definition) is 8. The molecular weight excluding hydrogens is 566 g/mol. The van der Waals surface area contributed by atoms with Gasteiger partial charge < -0.3 is 39.4 Å². The fraction of sp³-hybridized carbons (Fsp3) is 0.161. The number of phenolic OH excluding ortho intramolecular Hbond substituents is 1. The lowest BCUT2D eigenvalue weighted by atomic mass is 9.77. The highest BCUT2D eigenvalue weighted by molar-refractivity contribution is 6.10. The highest BCUT2D eigenvalue weighted by Crippen LogP contribution is 2.54. The van der Waals surface area contributed by atoms with Crippen LogP contribution in [0.3, 0.4) is 0 Å². The summed E-state index contributed by atoms with van der Waals surface area (Å²) in [6, 6.07) is 15.6. The Kier molecular flexibility index (Phi) is 5.27. The Morgan fingerprint density at radius 1 is 0.698 bits per heavy atom. The number of hydrogen-bond donors (Lipinski definition) is 3. The summed E-state index contributed by atoms with van der Waals surface area (Å²) in [5, 5.41) is 15.3. The van der Waals surface area contributed by atoms with Crippen molar-refractivity contribution < 1.29 is 47.2 Å². The molecule has 4 aromatic rings. The highest BCUT2D eigenvalue weighted by atomic mass is 19.1. The van der Waals surface area contributed by atoms with Gasteiger partial charge in [0.15, 0.2) is 23.0 Å². The zero-order valence-corrected chi connectivity index (χ0v) is 22.0. The maximum Gasteiger partial charge on any atom is 0.243 e. The number of rotatable bonds is 1. The molecule has 9 rings (SSSR count). The van der Waals surface area contributed by atoms with Gasteiger partial charge in [0.05, 0.1) is 17.3 Å². The summed E-state index contributed by atoms with van der Waals surface area (Å²) in [7, 11) is 0. The quantitative estimate of drug-likeness (QED) is 0.297. The molecule has 0 aromatic heterocycles. The van der Waals surface area contributed by atoms with E-state index < -0.39 is 23.0 Å². The SMILES string of the molecule is O=C1Nc2c(F)cccc2C12COc1cc3c(cc12)OCO3.O=C1Nc2c(F)cccc2C1c1cc2c(cc1O)OCO2. The summed E-state index contributed by atoms with van der Waals surface area (Å²) >= 11 is 0. The first-order chi connectivity index (χ1) is 20.8. The number of amides is 2. The van der Waals surface area contributed by atoms with Crippen molar-refractivity contribution in [3.63, 3.8) is 0 Å². The van der Waals surface area contributed by atoms with Crippen molar-refractivity contribution in [1.29, 1.82) is 0 Å². The van der Waals surface area contributed by atoms with E-state index in [1.165, 1.54) is 24.3 Å². The number of carbonyl (C=O) groups is 2. The third-order valence-corrected chi connectivity index (χ3v) is 8.18. The molecule has 10 nitrogen and oxygen atoms in total. The minimum absolute atomic E-state index is 0.0697. The molecule has 3 N–H and O–H groups in total. The Bertz CT molecular complexity index is 1900. The average Bonchev–Trinajstić information content (AvgIpc) is 3.81. The number of para-hydroxylation sites is 2. The van der Waals surface area contributed by atoms with Crippen LogP contribution in [0.2, 0.25) is 0 Å². The van der Waals surface area contributed by atoms with E-state index in [0.717, 1.165) is 0 Å². The topological polar surface area (TPSA) is 125 Å². The summed E-state index contributed by atoms with van der Waals surface area (Å²) in [5.41, 5.74) is 1.48. The van der Waals surface area contributed by atoms with Gasteiger partial charge in [-0.1, -0.05) is 24.3 Å². The molecular formula is C31H20F2N2O8. The summed E-state index contributed by atoms with van der Waals surface area (Å²) in [5.74, 6) is 0.137. The molecule has 4 aromatic carbocycles. The van der Waals surface area contributed by atoms with E-state index in [0.29, 0.717) is 51.0 Å². The van der Waals surface area contributed by atoms with Gasteiger partial charge in [0.1, 0.15) is 35.2 Å². The number of ether oxygens (including phenoxy) is 5. The van der Waals surface area contributed by atoms with Gasteiger partial charge in [-0.3, -0.25) is 9.59 Å². The summed E-state index contributed by atoms with van der Waals surface area (Å²) in [6.45, 7) is 0.344. The second kappa shape index (κ2) is 8.99. The molecule has 0 bridgehead atoms. The normalized spacial score (nSPS) is 20.9. The molecule has 5 heterocycles. The molecule has 216 valence electrons. The fourth-order valence-corrected chi connectivity index (χ4v) is 6.14. The van der Waals surface area contributed by atoms with E-state index in [4.69, 9.17) is 23.7 Å². The number of nitrogens with one attached hydrogen (secondary N) is 2. The molecule has 0 radical (unpaired) electrons. The third kappa shape index (κ3) is 3.55. The Labute approximate surface area is 241 Å². The van der Waals surface area contributed by atoms with E-state index in [1.54, 1.807) is 36.4 Å². The van der Waals surface area contributed by atoms with Gasteiger partial charge in [-0.15, -0.1) is 0 Å². The van der Waals surface area contributed by atoms with E-state index in [1.807, 2.05) is 0 Å². The summed E-state index contributed by atoms with van der Waals surface area (Å²) < 4.78 is 54.6. The van der Waals surface area contributed by atoms with Crippen LogP contribution < -0.4 is 34.3 Å². The number of benzene rings is 4. The Balaban J connectivity index is 0.000000129. The van der Waals surface area contributed by atoms with Gasteiger partial charge in [0, 0.05) is 28.8 Å². The molecule has 0 aliphatic carbocycles. The predicted molar refractivity (Wildman–Crippen MR) is 145 cm³/mol. The van der Waals surface area contributed by atoms with E-state index in [9.17, 15) is 23.5 Å². The van der Waals surface area contributed by atoms with Crippen LogP contribution in [0.1, 0.15) is 28.2 Å². The van der Waals surface area contributed by atoms with Crippen molar-refractivity contribution >= 4 is 23.2 Å². The highest BCUT2D eigenvalue weighted by Gasteiger charge is 2.55. The molecule has 2 amide bonds. The van der Waals surface area contributed by atoms with Gasteiger partial charge in [-0.2, -0.15) is 0 Å². The molecule has 12 heteroatoms. The smallest absolute Gasteiger partial charge is 0.243 e. The second-order valence-electron chi connectivity index (χ2n) is 10.4. The van der Waals surface area contributed by atoms with Crippen molar-refractivity contribution in [3.05, 3.63) is 94.6 Å². The minimum Gasteiger partial charge on any atom is -0.507 e. The summed E-state index contributed by atoms with van der Waals surface area (Å²) in [6.07, 6.45) is 0. The first-order valence-electron chi connectivity index (χ1n) is 13.2. The van der Waals surface area contributed by atoms with E-state index in [2.05, 4.69) is 10.6 Å². The molecule has 2 atom stereocenters. The summed E-state index contributed by atoms with van der Waals surface area (Å²) in [4.78, 5) is 24.8. The van der Waals surface area contributed by atoms with Gasteiger partial charge in [-0.25, -0.2) is 8.78 Å². The first-order valence-corrected chi connectivity index (χ1v) is 13.2. The third-order valence-electron chi connectivity index (χ3n) is 8.18. The Hall–Kier alpha value is -5.52.